The summed E-state index contributed by atoms with van der Waals surface area (Å²) in [5.41, 5.74) is -0.0816. The highest BCUT2D eigenvalue weighted by Gasteiger charge is 2.14. The van der Waals surface area contributed by atoms with E-state index >= 15 is 0 Å². The van der Waals surface area contributed by atoms with Crippen LogP contribution in [0.15, 0.2) is 15.0 Å². The van der Waals surface area contributed by atoms with Gasteiger partial charge in [0.05, 0.1) is 15.6 Å². The van der Waals surface area contributed by atoms with Gasteiger partial charge in [0, 0.05) is 5.56 Å². The van der Waals surface area contributed by atoms with Crippen molar-refractivity contribution in [1.29, 1.82) is 0 Å². The van der Waals surface area contributed by atoms with Crippen LogP contribution in [-0.2, 0) is 6.61 Å². The van der Waals surface area contributed by atoms with Gasteiger partial charge in [0.2, 0.25) is 0 Å². The highest BCUT2D eigenvalue weighted by molar-refractivity contribution is 9.11. The maximum atomic E-state index is 13.0. The third-order valence-electron chi connectivity index (χ3n) is 1.36. The van der Waals surface area contributed by atoms with Gasteiger partial charge in [0.1, 0.15) is 11.6 Å². The molecule has 1 aromatic rings. The molecule has 1 nitrogen and oxygen atoms in total. The molecule has 1 rings (SSSR count). The predicted octanol–water partition coefficient (Wildman–Crippen LogP) is 2.98. The first kappa shape index (κ1) is 10.1. The van der Waals surface area contributed by atoms with Crippen molar-refractivity contribution in [3.63, 3.8) is 0 Å². The van der Waals surface area contributed by atoms with Gasteiger partial charge < -0.3 is 5.11 Å². The first-order valence-corrected chi connectivity index (χ1v) is 4.59. The maximum Gasteiger partial charge on any atom is 0.144 e. The van der Waals surface area contributed by atoms with Gasteiger partial charge in [-0.25, -0.2) is 8.78 Å². The molecule has 0 aliphatic rings. The molecule has 0 heterocycles. The number of hydrogen-bond donors (Lipinski definition) is 1. The highest BCUT2D eigenvalue weighted by Crippen LogP contribution is 2.28. The first-order chi connectivity index (χ1) is 5.57. The Morgan fingerprint density at radius 2 is 1.92 bits per heavy atom. The fourth-order valence-corrected chi connectivity index (χ4v) is 1.62. The lowest BCUT2D eigenvalue weighted by atomic mass is 10.2. The lowest BCUT2D eigenvalue weighted by molar-refractivity contribution is 0.273. The largest absolute Gasteiger partial charge is 0.392 e. The smallest absolute Gasteiger partial charge is 0.144 e. The molecule has 0 saturated carbocycles. The predicted molar refractivity (Wildman–Crippen MR) is 47.7 cm³/mol. The van der Waals surface area contributed by atoms with Crippen LogP contribution in [0, 0.1) is 11.6 Å². The number of hydrogen-bond acceptors (Lipinski definition) is 1. The number of aliphatic hydroxyl groups excluding tert-OH is 1. The van der Waals surface area contributed by atoms with Crippen molar-refractivity contribution in [3.8, 4) is 0 Å². The summed E-state index contributed by atoms with van der Waals surface area (Å²) in [7, 11) is 0. The minimum Gasteiger partial charge on any atom is -0.392 e. The van der Waals surface area contributed by atoms with Gasteiger partial charge in [-0.2, -0.15) is 0 Å². The van der Waals surface area contributed by atoms with Crippen LogP contribution in [0.3, 0.4) is 0 Å². The Balaban J connectivity index is 3.42. The van der Waals surface area contributed by atoms with E-state index in [4.69, 9.17) is 5.11 Å². The van der Waals surface area contributed by atoms with Gasteiger partial charge >= 0.3 is 0 Å². The molecule has 0 aliphatic carbocycles. The normalized spacial score (nSPS) is 10.4. The molecule has 1 aromatic carbocycles. The summed E-state index contributed by atoms with van der Waals surface area (Å²) in [5, 5.41) is 8.69. The number of aliphatic hydroxyl groups is 1. The Kier molecular flexibility index (Phi) is 3.20. The van der Waals surface area contributed by atoms with Crippen molar-refractivity contribution in [2.24, 2.45) is 0 Å². The van der Waals surface area contributed by atoms with Crippen LogP contribution in [0.25, 0.3) is 0 Å². The van der Waals surface area contributed by atoms with Gasteiger partial charge in [-0.3, -0.25) is 0 Å². The van der Waals surface area contributed by atoms with Gasteiger partial charge in [0.15, 0.2) is 0 Å². The Morgan fingerprint density at radius 1 is 1.33 bits per heavy atom. The van der Waals surface area contributed by atoms with Crippen molar-refractivity contribution in [2.75, 3.05) is 0 Å². The molecule has 1 N–H and O–H groups in total. The average molecular weight is 302 g/mol. The molecular formula is C7H4Br2F2O. The van der Waals surface area contributed by atoms with Crippen molar-refractivity contribution < 1.29 is 13.9 Å². The lowest BCUT2D eigenvalue weighted by Crippen LogP contribution is -1.95. The van der Waals surface area contributed by atoms with E-state index in [1.54, 1.807) is 0 Å². The standard InChI is InChI=1S/C7H4Br2F2O/c8-4-1-5(10)6(9)3(2-12)7(4)11/h1,12H,2H2. The zero-order valence-electron chi connectivity index (χ0n) is 5.74. The lowest BCUT2D eigenvalue weighted by Gasteiger charge is -2.05. The first-order valence-electron chi connectivity index (χ1n) is 3.00. The zero-order valence-corrected chi connectivity index (χ0v) is 8.92. The third kappa shape index (κ3) is 1.67. The van der Waals surface area contributed by atoms with E-state index in [0.29, 0.717) is 0 Å². The second kappa shape index (κ2) is 3.81. The molecule has 0 unspecified atom stereocenters. The van der Waals surface area contributed by atoms with Crippen LogP contribution in [0.1, 0.15) is 5.56 Å². The molecule has 0 saturated heterocycles. The fraction of sp³-hybridized carbons (Fsp3) is 0.143. The van der Waals surface area contributed by atoms with Gasteiger partial charge in [0.25, 0.3) is 0 Å². The van der Waals surface area contributed by atoms with Crippen molar-refractivity contribution in [2.45, 2.75) is 6.61 Å². The van der Waals surface area contributed by atoms with Gasteiger partial charge in [-0.05, 0) is 37.9 Å². The van der Waals surface area contributed by atoms with Crippen LogP contribution in [0.5, 0.6) is 0 Å². The summed E-state index contributed by atoms with van der Waals surface area (Å²) in [4.78, 5) is 0. The van der Waals surface area contributed by atoms with E-state index in [2.05, 4.69) is 31.9 Å². The monoisotopic (exact) mass is 300 g/mol. The van der Waals surface area contributed by atoms with E-state index in [1.165, 1.54) is 0 Å². The van der Waals surface area contributed by atoms with Crippen molar-refractivity contribution in [3.05, 3.63) is 32.2 Å². The Labute approximate surface area is 84.7 Å². The van der Waals surface area contributed by atoms with E-state index in [0.717, 1.165) is 6.07 Å². The molecule has 0 fully saturated rings. The topological polar surface area (TPSA) is 20.2 Å². The van der Waals surface area contributed by atoms with E-state index in [1.807, 2.05) is 0 Å². The summed E-state index contributed by atoms with van der Waals surface area (Å²) in [6.45, 7) is -0.539. The highest BCUT2D eigenvalue weighted by atomic mass is 79.9. The third-order valence-corrected chi connectivity index (χ3v) is 2.80. The second-order valence-electron chi connectivity index (χ2n) is 2.10. The molecule has 0 amide bonds. The van der Waals surface area contributed by atoms with Crippen LogP contribution < -0.4 is 0 Å². The number of benzene rings is 1. The summed E-state index contributed by atoms with van der Waals surface area (Å²) in [6.07, 6.45) is 0. The number of halogens is 4. The Hall–Kier alpha value is -0.0000000000000000555. The summed E-state index contributed by atoms with van der Waals surface area (Å²) in [6, 6.07) is 0.999. The van der Waals surface area contributed by atoms with Gasteiger partial charge in [-0.15, -0.1) is 0 Å². The molecule has 0 aromatic heterocycles. The molecule has 5 heteroatoms. The van der Waals surface area contributed by atoms with Crippen LogP contribution in [0.2, 0.25) is 0 Å². The second-order valence-corrected chi connectivity index (χ2v) is 3.75. The molecular weight excluding hydrogens is 298 g/mol. The Bertz CT molecular complexity index is 289. The molecule has 0 bridgehead atoms. The number of rotatable bonds is 1. The van der Waals surface area contributed by atoms with Crippen molar-refractivity contribution >= 4 is 31.9 Å². The zero-order chi connectivity index (χ0) is 9.30. The Morgan fingerprint density at radius 3 is 2.42 bits per heavy atom. The van der Waals surface area contributed by atoms with Gasteiger partial charge in [-0.1, -0.05) is 0 Å². The average Bonchev–Trinajstić information content (AvgIpc) is 2.02. The molecule has 66 valence electrons. The van der Waals surface area contributed by atoms with E-state index < -0.39 is 18.2 Å². The quantitative estimate of drug-likeness (QED) is 0.791. The fourth-order valence-electron chi connectivity index (χ4n) is 0.761. The van der Waals surface area contributed by atoms with Crippen molar-refractivity contribution in [1.82, 2.24) is 0 Å². The molecule has 0 atom stereocenters. The maximum absolute atomic E-state index is 13.0. The van der Waals surface area contributed by atoms with Crippen LogP contribution in [0.4, 0.5) is 8.78 Å². The van der Waals surface area contributed by atoms with Crippen LogP contribution in [-0.4, -0.2) is 5.11 Å². The van der Waals surface area contributed by atoms with E-state index in [9.17, 15) is 8.78 Å². The SMILES string of the molecule is OCc1c(F)c(Br)cc(F)c1Br. The molecule has 12 heavy (non-hydrogen) atoms. The summed E-state index contributed by atoms with van der Waals surface area (Å²) in [5.74, 6) is -1.25. The minimum atomic E-state index is -0.647. The summed E-state index contributed by atoms with van der Waals surface area (Å²) < 4.78 is 25.9. The molecule has 0 spiro atoms. The van der Waals surface area contributed by atoms with Crippen LogP contribution >= 0.6 is 31.9 Å². The molecule has 0 aliphatic heterocycles. The summed E-state index contributed by atoms with van der Waals surface area (Å²) >= 11 is 5.65. The van der Waals surface area contributed by atoms with E-state index in [-0.39, 0.29) is 14.5 Å². The minimum absolute atomic E-state index is 0.00671. The molecule has 0 radical (unpaired) electrons.